The zero-order valence-electron chi connectivity index (χ0n) is 21.0. The number of aliphatic hydroxyl groups is 1. The lowest BCUT2D eigenvalue weighted by molar-refractivity contribution is -0.126. The Bertz CT molecular complexity index is 840. The summed E-state index contributed by atoms with van der Waals surface area (Å²) < 4.78 is 38.1. The quantitative estimate of drug-likeness (QED) is 0.256. The topological polar surface area (TPSA) is 171 Å². The highest BCUT2D eigenvalue weighted by molar-refractivity contribution is 7.86. The molecule has 4 atom stereocenters. The van der Waals surface area contributed by atoms with Crippen LogP contribution >= 0.6 is 0 Å². The maximum Gasteiger partial charge on any atom is 0.408 e. The van der Waals surface area contributed by atoms with E-state index in [2.05, 4.69) is 29.8 Å². The molecule has 0 aromatic carbocycles. The first-order chi connectivity index (χ1) is 16.3. The summed E-state index contributed by atoms with van der Waals surface area (Å²) in [5.74, 6) is -0.502. The summed E-state index contributed by atoms with van der Waals surface area (Å²) in [5, 5.41) is 17.8. The van der Waals surface area contributed by atoms with Crippen molar-refractivity contribution in [3.8, 4) is 0 Å². The standard InChI is InChI=1S/C23H41N3O8S/c1-13(2)11-18(26-23(30)34-17-7-5-15(6-8-17)14(3)4)21(28)25-19(22(29)35(31,32)33)12-16-9-10-24-20(16)27/h13-19,22,29H,5-12H2,1-4H3,(H,24,27)(H,25,28)(H,26,30)(H,31,32,33)/t15?,16?,17?,18?,19-,22?/m0/s1. The van der Waals surface area contributed by atoms with Gasteiger partial charge in [0.2, 0.25) is 17.3 Å². The van der Waals surface area contributed by atoms with E-state index in [1.165, 1.54) is 0 Å². The lowest BCUT2D eigenvalue weighted by atomic mass is 9.80. The normalized spacial score (nSPS) is 25.6. The molecule has 0 spiro atoms. The van der Waals surface area contributed by atoms with Gasteiger partial charge >= 0.3 is 6.09 Å². The molecule has 1 saturated carbocycles. The van der Waals surface area contributed by atoms with E-state index in [4.69, 9.17) is 4.74 Å². The van der Waals surface area contributed by atoms with E-state index in [0.29, 0.717) is 24.8 Å². The zero-order valence-corrected chi connectivity index (χ0v) is 21.8. The molecule has 2 fully saturated rings. The van der Waals surface area contributed by atoms with Crippen molar-refractivity contribution in [2.75, 3.05) is 6.54 Å². The van der Waals surface area contributed by atoms with Crippen molar-refractivity contribution in [1.29, 1.82) is 0 Å². The van der Waals surface area contributed by atoms with Crippen molar-refractivity contribution in [3.05, 3.63) is 0 Å². The summed E-state index contributed by atoms with van der Waals surface area (Å²) in [5.41, 5.74) is -2.32. The lowest BCUT2D eigenvalue weighted by Gasteiger charge is -2.31. The molecule has 5 N–H and O–H groups in total. The molecule has 35 heavy (non-hydrogen) atoms. The molecule has 0 aromatic rings. The number of aliphatic hydroxyl groups excluding tert-OH is 1. The van der Waals surface area contributed by atoms with Crippen molar-refractivity contribution in [1.82, 2.24) is 16.0 Å². The Morgan fingerprint density at radius 2 is 1.71 bits per heavy atom. The maximum absolute atomic E-state index is 13.1. The third-order valence-corrected chi connectivity index (χ3v) is 7.87. The molecule has 11 nitrogen and oxygen atoms in total. The smallest absolute Gasteiger partial charge is 0.408 e. The first-order valence-corrected chi connectivity index (χ1v) is 14.0. The van der Waals surface area contributed by atoms with Gasteiger partial charge < -0.3 is 25.8 Å². The van der Waals surface area contributed by atoms with Crippen molar-refractivity contribution < 1.29 is 37.2 Å². The van der Waals surface area contributed by atoms with Crippen LogP contribution < -0.4 is 16.0 Å². The van der Waals surface area contributed by atoms with E-state index in [1.807, 2.05) is 13.8 Å². The van der Waals surface area contributed by atoms with Crippen LogP contribution in [0.1, 0.15) is 72.6 Å². The second-order valence-electron chi connectivity index (χ2n) is 10.5. The van der Waals surface area contributed by atoms with Crippen LogP contribution in [0.3, 0.4) is 0 Å². The van der Waals surface area contributed by atoms with E-state index in [1.54, 1.807) is 0 Å². The predicted molar refractivity (Wildman–Crippen MR) is 129 cm³/mol. The Kier molecular flexibility index (Phi) is 10.8. The number of alkyl carbamates (subject to hydrolysis) is 1. The van der Waals surface area contributed by atoms with Gasteiger partial charge in [-0.1, -0.05) is 27.7 Å². The first-order valence-electron chi connectivity index (χ1n) is 12.5. The summed E-state index contributed by atoms with van der Waals surface area (Å²) in [4.78, 5) is 37.6. The minimum Gasteiger partial charge on any atom is -0.446 e. The fraction of sp³-hybridized carbons (Fsp3) is 0.870. The summed E-state index contributed by atoms with van der Waals surface area (Å²) in [7, 11) is -4.91. The molecular formula is C23H41N3O8S. The van der Waals surface area contributed by atoms with Gasteiger partial charge in [0.15, 0.2) is 0 Å². The Balaban J connectivity index is 2.04. The van der Waals surface area contributed by atoms with Gasteiger partial charge in [0.05, 0.1) is 6.04 Å². The van der Waals surface area contributed by atoms with Gasteiger partial charge in [-0.2, -0.15) is 8.42 Å². The third-order valence-electron chi connectivity index (χ3n) is 6.93. The van der Waals surface area contributed by atoms with E-state index < -0.39 is 45.6 Å². The number of nitrogens with one attached hydrogen (secondary N) is 3. The molecule has 12 heteroatoms. The molecule has 0 aromatic heterocycles. The van der Waals surface area contributed by atoms with Gasteiger partial charge in [0.1, 0.15) is 12.1 Å². The molecule has 3 unspecified atom stereocenters. The van der Waals surface area contributed by atoms with Crippen LogP contribution in [-0.2, 0) is 24.4 Å². The van der Waals surface area contributed by atoms with Crippen molar-refractivity contribution in [2.24, 2.45) is 23.7 Å². The van der Waals surface area contributed by atoms with Gasteiger partial charge in [-0.15, -0.1) is 0 Å². The minimum absolute atomic E-state index is 0.00177. The second-order valence-corrected chi connectivity index (χ2v) is 12.1. The molecule has 2 rings (SSSR count). The summed E-state index contributed by atoms with van der Waals surface area (Å²) >= 11 is 0. The maximum atomic E-state index is 13.1. The number of rotatable bonds is 11. The molecule has 2 aliphatic rings. The van der Waals surface area contributed by atoms with Crippen LogP contribution in [0.4, 0.5) is 4.79 Å². The predicted octanol–water partition coefficient (Wildman–Crippen LogP) is 1.56. The van der Waals surface area contributed by atoms with Crippen molar-refractivity contribution in [2.45, 2.75) is 96.3 Å². The highest BCUT2D eigenvalue weighted by atomic mass is 32.2. The molecule has 1 aliphatic carbocycles. The fourth-order valence-electron chi connectivity index (χ4n) is 4.82. The average Bonchev–Trinajstić information content (AvgIpc) is 3.15. The van der Waals surface area contributed by atoms with Crippen LogP contribution in [0.15, 0.2) is 0 Å². The molecule has 1 heterocycles. The molecule has 1 aliphatic heterocycles. The van der Waals surface area contributed by atoms with Gasteiger partial charge in [-0.25, -0.2) is 4.79 Å². The number of carbonyl (C=O) groups is 3. The van der Waals surface area contributed by atoms with Crippen LogP contribution in [0.25, 0.3) is 0 Å². The third kappa shape index (κ3) is 9.23. The van der Waals surface area contributed by atoms with E-state index in [-0.39, 0.29) is 30.8 Å². The highest BCUT2D eigenvalue weighted by Crippen LogP contribution is 2.31. The monoisotopic (exact) mass is 519 g/mol. The highest BCUT2D eigenvalue weighted by Gasteiger charge is 2.38. The van der Waals surface area contributed by atoms with Crippen LogP contribution in [0.2, 0.25) is 0 Å². The van der Waals surface area contributed by atoms with Gasteiger partial charge in [0, 0.05) is 12.5 Å². The largest absolute Gasteiger partial charge is 0.446 e. The zero-order chi connectivity index (χ0) is 26.3. The lowest BCUT2D eigenvalue weighted by Crippen LogP contribution is -2.55. The van der Waals surface area contributed by atoms with Crippen molar-refractivity contribution in [3.63, 3.8) is 0 Å². The van der Waals surface area contributed by atoms with E-state index >= 15 is 0 Å². The second kappa shape index (κ2) is 12.9. The van der Waals surface area contributed by atoms with E-state index in [9.17, 15) is 32.5 Å². The SMILES string of the molecule is CC(C)CC(NC(=O)OC1CCC(C(C)C)CC1)C(=O)N[C@@H](CC1CCNC1=O)C(O)S(=O)(=O)O. The van der Waals surface area contributed by atoms with Crippen LogP contribution in [-0.4, -0.2) is 66.2 Å². The van der Waals surface area contributed by atoms with Crippen LogP contribution in [0, 0.1) is 23.7 Å². The van der Waals surface area contributed by atoms with E-state index in [0.717, 1.165) is 25.7 Å². The first kappa shape index (κ1) is 29.3. The van der Waals surface area contributed by atoms with Crippen molar-refractivity contribution >= 4 is 28.0 Å². The van der Waals surface area contributed by atoms with Gasteiger partial charge in [-0.3, -0.25) is 14.1 Å². The number of hydrogen-bond acceptors (Lipinski definition) is 7. The average molecular weight is 520 g/mol. The summed E-state index contributed by atoms with van der Waals surface area (Å²) in [6.07, 6.45) is 2.93. The van der Waals surface area contributed by atoms with Crippen LogP contribution in [0.5, 0.6) is 0 Å². The summed E-state index contributed by atoms with van der Waals surface area (Å²) in [6, 6.07) is -2.49. The number of hydrogen-bond donors (Lipinski definition) is 5. The fourth-order valence-corrected chi connectivity index (χ4v) is 5.41. The molecule has 3 amide bonds. The van der Waals surface area contributed by atoms with Gasteiger partial charge in [-0.05, 0) is 62.7 Å². The molecular weight excluding hydrogens is 478 g/mol. The Hall–Kier alpha value is -1.92. The minimum atomic E-state index is -4.91. The Labute approximate surface area is 207 Å². The van der Waals surface area contributed by atoms with Gasteiger partial charge in [0.25, 0.3) is 10.1 Å². The number of carbonyl (C=O) groups excluding carboxylic acids is 3. The molecule has 0 bridgehead atoms. The Morgan fingerprint density at radius 3 is 2.20 bits per heavy atom. The number of ether oxygens (including phenoxy) is 1. The summed E-state index contributed by atoms with van der Waals surface area (Å²) in [6.45, 7) is 8.47. The number of amides is 3. The molecule has 1 saturated heterocycles. The molecule has 202 valence electrons. The Morgan fingerprint density at radius 1 is 1.09 bits per heavy atom. The molecule has 0 radical (unpaired) electrons.